The van der Waals surface area contributed by atoms with Crippen LogP contribution in [-0.2, 0) is 24.9 Å². The zero-order valence-electron chi connectivity index (χ0n) is 26.4. The first kappa shape index (κ1) is 23.1. The molecule has 3 heterocycles. The molecule has 1 fully saturated rings. The van der Waals surface area contributed by atoms with Crippen LogP contribution in [0.15, 0.2) is 48.5 Å². The van der Waals surface area contributed by atoms with Gasteiger partial charge in [0.1, 0.15) is 29.5 Å². The van der Waals surface area contributed by atoms with Gasteiger partial charge < -0.3 is 18.8 Å². The maximum atomic E-state index is 14.4. The molecule has 1 aliphatic heterocycles. The van der Waals surface area contributed by atoms with Gasteiger partial charge in [-0.05, 0) is 63.2 Å². The van der Waals surface area contributed by atoms with Crippen molar-refractivity contribution in [2.75, 3.05) is 26.8 Å². The highest BCUT2D eigenvalue weighted by molar-refractivity contribution is 6.30. The summed E-state index contributed by atoms with van der Waals surface area (Å²) in [6, 6.07) is 12.0. The molecule has 0 atom stereocenters. The highest BCUT2D eigenvalue weighted by Crippen LogP contribution is 2.31. The molecule has 0 bridgehead atoms. The summed E-state index contributed by atoms with van der Waals surface area (Å²) in [4.78, 5) is 23.8. The second-order valence-corrected chi connectivity index (χ2v) is 9.94. The molecule has 8 nitrogen and oxygen atoms in total. The Morgan fingerprint density at radius 2 is 1.95 bits per heavy atom. The number of hydrogen-bond acceptors (Lipinski definition) is 7. The van der Waals surface area contributed by atoms with Crippen molar-refractivity contribution in [3.05, 3.63) is 82.0 Å². The minimum Gasteiger partial charge on any atom is -0.492 e. The predicted octanol–water partition coefficient (Wildman–Crippen LogP) is 5.90. The summed E-state index contributed by atoms with van der Waals surface area (Å²) in [5, 5.41) is 0.164. The molecule has 0 amide bonds. The summed E-state index contributed by atoms with van der Waals surface area (Å²) in [6.07, 6.45) is 1.58. The van der Waals surface area contributed by atoms with Gasteiger partial charge >= 0.3 is 5.97 Å². The number of esters is 1. The molecule has 0 radical (unpaired) electrons. The maximum Gasteiger partial charge on any atom is 0.338 e. The molecule has 40 heavy (non-hydrogen) atoms. The van der Waals surface area contributed by atoms with Gasteiger partial charge in [-0.2, -0.15) is 0 Å². The first-order chi connectivity index (χ1) is 20.7. The van der Waals surface area contributed by atoms with E-state index < -0.39 is 24.9 Å². The normalized spacial score (nSPS) is 16.6. The number of ether oxygens (including phenoxy) is 3. The number of benzene rings is 2. The number of carbonyl (C=O) groups is 1. The lowest BCUT2D eigenvalue weighted by Crippen LogP contribution is -2.33. The van der Waals surface area contributed by atoms with Crippen LogP contribution in [0.1, 0.15) is 58.6 Å². The van der Waals surface area contributed by atoms with Gasteiger partial charge in [-0.1, -0.05) is 23.7 Å². The van der Waals surface area contributed by atoms with E-state index in [2.05, 4.69) is 9.88 Å². The van der Waals surface area contributed by atoms with Crippen LogP contribution in [0.4, 0.5) is 4.39 Å². The van der Waals surface area contributed by atoms with Crippen LogP contribution in [0.3, 0.4) is 0 Å². The van der Waals surface area contributed by atoms with Crippen molar-refractivity contribution in [3.8, 4) is 11.6 Å². The monoisotopic (exact) mass is 570 g/mol. The second-order valence-electron chi connectivity index (χ2n) is 9.51. The number of aromatic nitrogens is 3. The van der Waals surface area contributed by atoms with Crippen molar-refractivity contribution in [1.82, 2.24) is 19.4 Å². The average Bonchev–Trinajstić information content (AvgIpc) is 3.27. The highest BCUT2D eigenvalue weighted by atomic mass is 35.5. The fraction of sp³-hybridized carbons (Fsp3) is 0.367. The number of hydrogen-bond donors (Lipinski definition) is 0. The first-order valence-corrected chi connectivity index (χ1v) is 13.2. The number of piperidine rings is 1. The summed E-state index contributed by atoms with van der Waals surface area (Å²) in [5.41, 5.74) is 1.81. The number of methoxy groups -OCH3 is 1. The van der Waals surface area contributed by atoms with Crippen molar-refractivity contribution in [2.24, 2.45) is 7.05 Å². The zero-order valence-corrected chi connectivity index (χ0v) is 23.2. The van der Waals surface area contributed by atoms with E-state index in [1.165, 1.54) is 32.2 Å². The largest absolute Gasteiger partial charge is 0.492 e. The van der Waals surface area contributed by atoms with Crippen LogP contribution in [0.5, 0.6) is 11.6 Å². The number of nitrogens with zero attached hydrogens (tertiary/aromatic N) is 4. The molecule has 2 aromatic heterocycles. The summed E-state index contributed by atoms with van der Waals surface area (Å²) < 4.78 is 64.4. The number of imidazole rings is 1. The number of halogens is 2. The summed E-state index contributed by atoms with van der Waals surface area (Å²) in [7, 11) is 3.12. The number of rotatable bonds is 9. The predicted molar refractivity (Wildman–Crippen MR) is 150 cm³/mol. The fourth-order valence-electron chi connectivity index (χ4n) is 4.85. The van der Waals surface area contributed by atoms with Crippen molar-refractivity contribution in [2.45, 2.75) is 38.8 Å². The molecular formula is C30H32ClFN4O4. The van der Waals surface area contributed by atoms with E-state index in [9.17, 15) is 9.18 Å². The smallest absolute Gasteiger partial charge is 0.338 e. The fourth-order valence-corrected chi connectivity index (χ4v) is 5.01. The lowest BCUT2D eigenvalue weighted by atomic mass is 9.93. The van der Waals surface area contributed by atoms with Crippen molar-refractivity contribution in [3.63, 3.8) is 0 Å². The second kappa shape index (κ2) is 12.2. The van der Waals surface area contributed by atoms with Crippen LogP contribution in [0, 0.1) is 5.82 Å². The lowest BCUT2D eigenvalue weighted by Gasteiger charge is -2.31. The Kier molecular flexibility index (Phi) is 7.05. The Hall–Kier alpha value is -3.69. The van der Waals surface area contributed by atoms with Crippen molar-refractivity contribution in [1.29, 1.82) is 0 Å². The van der Waals surface area contributed by atoms with Crippen LogP contribution in [0.2, 0.25) is 5.02 Å². The molecular weight excluding hydrogens is 535 g/mol. The minimum absolute atomic E-state index is 0.0600. The number of likely N-dealkylation sites (tertiary alicyclic amines) is 1. The Labute approximate surface area is 243 Å². The van der Waals surface area contributed by atoms with Gasteiger partial charge in [0, 0.05) is 35.3 Å². The van der Waals surface area contributed by atoms with E-state index in [-0.39, 0.29) is 33.7 Å². The Bertz CT molecular complexity index is 1690. The molecule has 0 N–H and O–H groups in total. The SMILES string of the molecule is [2H]C([2H])(C)Oc1cc(C(=O)OC)cc2c1nc(CN1CCC(c3cccc(OC([2H])([2H])c4ccc(Cl)cc4F)n3)CC1)n2C. The average molecular weight is 571 g/mol. The molecule has 210 valence electrons. The Morgan fingerprint density at radius 3 is 2.67 bits per heavy atom. The molecule has 0 saturated carbocycles. The van der Waals surface area contributed by atoms with E-state index in [1.807, 2.05) is 17.7 Å². The van der Waals surface area contributed by atoms with Gasteiger partial charge in [0.25, 0.3) is 0 Å². The minimum atomic E-state index is -2.45. The number of aryl methyl sites for hydroxylation is 1. The molecule has 2 aromatic carbocycles. The molecule has 5 rings (SSSR count). The van der Waals surface area contributed by atoms with Gasteiger partial charge in [-0.25, -0.2) is 19.2 Å². The first-order valence-electron chi connectivity index (χ1n) is 14.8. The third-order valence-corrected chi connectivity index (χ3v) is 7.23. The van der Waals surface area contributed by atoms with Crippen LogP contribution in [0.25, 0.3) is 11.0 Å². The molecule has 0 spiro atoms. The van der Waals surface area contributed by atoms with Crippen molar-refractivity contribution < 1.29 is 28.9 Å². The summed E-state index contributed by atoms with van der Waals surface area (Å²) in [5.74, 6) is -0.299. The topological polar surface area (TPSA) is 78.7 Å². The van der Waals surface area contributed by atoms with E-state index in [0.717, 1.165) is 43.5 Å². The summed E-state index contributed by atoms with van der Waals surface area (Å²) >= 11 is 5.81. The van der Waals surface area contributed by atoms with Crippen molar-refractivity contribution >= 4 is 28.6 Å². The Balaban J connectivity index is 1.28. The number of fused-ring (bicyclic) bond motifs is 1. The lowest BCUT2D eigenvalue weighted by molar-refractivity contribution is 0.0600. The van der Waals surface area contributed by atoms with E-state index >= 15 is 0 Å². The van der Waals surface area contributed by atoms with Gasteiger partial charge in [0.05, 0.1) is 36.8 Å². The quantitative estimate of drug-likeness (QED) is 0.232. The zero-order chi connectivity index (χ0) is 31.8. The number of pyridine rings is 1. The molecule has 0 unspecified atom stereocenters. The van der Waals surface area contributed by atoms with Crippen LogP contribution in [-0.4, -0.2) is 52.2 Å². The molecule has 1 aliphatic rings. The third kappa shape index (κ3) is 6.05. The summed E-state index contributed by atoms with van der Waals surface area (Å²) in [6.45, 7) is -1.14. The molecule has 1 saturated heterocycles. The standard InChI is InChI=1S/C30H32ClFN4O4/c1-4-39-26-15-21(30(37)38-3)14-25-29(26)34-27(35(25)2)17-36-12-10-19(11-13-36)24-6-5-7-28(33-24)40-18-20-8-9-22(31)16-23(20)32/h5-9,14-16,19H,4,10-13,17-18H2,1-3H3/i4D2,18D2. The van der Waals surface area contributed by atoms with Gasteiger partial charge in [-0.3, -0.25) is 4.90 Å². The molecule has 4 aromatic rings. The van der Waals surface area contributed by atoms with Crippen LogP contribution < -0.4 is 9.47 Å². The van der Waals surface area contributed by atoms with Gasteiger partial charge in [0.15, 0.2) is 0 Å². The number of carbonyl (C=O) groups excluding carboxylic acids is 1. The van der Waals surface area contributed by atoms with E-state index in [0.29, 0.717) is 17.6 Å². The van der Waals surface area contributed by atoms with Gasteiger partial charge in [0.2, 0.25) is 5.88 Å². The third-order valence-electron chi connectivity index (χ3n) is 6.99. The Morgan fingerprint density at radius 1 is 1.15 bits per heavy atom. The molecule has 0 aliphatic carbocycles. The van der Waals surface area contributed by atoms with Crippen LogP contribution >= 0.6 is 11.6 Å². The maximum absolute atomic E-state index is 14.4. The highest BCUT2D eigenvalue weighted by Gasteiger charge is 2.24. The van der Waals surface area contributed by atoms with Gasteiger partial charge in [-0.15, -0.1) is 0 Å². The van der Waals surface area contributed by atoms with E-state index in [4.69, 9.17) is 36.3 Å². The van der Waals surface area contributed by atoms with E-state index in [1.54, 1.807) is 18.2 Å². The molecule has 10 heteroatoms.